The van der Waals surface area contributed by atoms with Gasteiger partial charge in [-0.2, -0.15) is 4.98 Å². The summed E-state index contributed by atoms with van der Waals surface area (Å²) in [6, 6.07) is 15.4. The van der Waals surface area contributed by atoms with Crippen molar-refractivity contribution in [3.8, 4) is 0 Å². The lowest BCUT2D eigenvalue weighted by atomic mass is 10.1. The molecule has 0 atom stereocenters. The summed E-state index contributed by atoms with van der Waals surface area (Å²) in [4.78, 5) is 21.4. The van der Waals surface area contributed by atoms with Gasteiger partial charge in [0.25, 0.3) is 0 Å². The van der Waals surface area contributed by atoms with Crippen molar-refractivity contribution in [3.63, 3.8) is 0 Å². The molecule has 7 nitrogen and oxygen atoms in total. The van der Waals surface area contributed by atoms with Crippen molar-refractivity contribution in [1.82, 2.24) is 15.3 Å². The molecule has 7 heteroatoms. The molecule has 29 heavy (non-hydrogen) atoms. The Morgan fingerprint density at radius 1 is 0.966 bits per heavy atom. The number of carbonyl (C=O) groups excluding carboxylic acids is 1. The van der Waals surface area contributed by atoms with Crippen LogP contribution < -0.4 is 21.3 Å². The maximum Gasteiger partial charge on any atom is 0.326 e. The third-order valence-corrected chi connectivity index (χ3v) is 4.48. The van der Waals surface area contributed by atoms with Gasteiger partial charge in [-0.1, -0.05) is 44.2 Å². The summed E-state index contributed by atoms with van der Waals surface area (Å²) in [5.41, 5.74) is 1.59. The van der Waals surface area contributed by atoms with E-state index in [9.17, 15) is 4.79 Å². The van der Waals surface area contributed by atoms with Crippen LogP contribution >= 0.6 is 0 Å². The fraction of sp³-hybridized carbons (Fsp3) is 0.318. The summed E-state index contributed by atoms with van der Waals surface area (Å²) in [6.45, 7) is 5.84. The number of benzene rings is 2. The average molecular weight is 393 g/mol. The molecule has 0 aliphatic rings. The molecule has 2 amide bonds. The highest BCUT2D eigenvalue weighted by Gasteiger charge is 2.11. The van der Waals surface area contributed by atoms with E-state index in [1.165, 1.54) is 0 Å². The zero-order valence-electron chi connectivity index (χ0n) is 17.1. The molecule has 0 radical (unpaired) electrons. The van der Waals surface area contributed by atoms with E-state index in [1.54, 1.807) is 0 Å². The standard InChI is InChI=1S/C22H28N6O/c1-15(2)19-14-20(24-12-6-11-23-3)27-21(26-19)28-22(29)25-18-10-9-16-7-4-5-8-17(16)13-18/h4-5,7-10,13-15,23H,6,11-12H2,1-3H3,(H3,24,25,26,27,28,29). The lowest BCUT2D eigenvalue weighted by Gasteiger charge is -2.13. The van der Waals surface area contributed by atoms with E-state index in [-0.39, 0.29) is 17.9 Å². The molecule has 4 N–H and O–H groups in total. The summed E-state index contributed by atoms with van der Waals surface area (Å²) in [6.07, 6.45) is 0.975. The zero-order chi connectivity index (χ0) is 20.6. The minimum absolute atomic E-state index is 0.222. The minimum atomic E-state index is -0.373. The van der Waals surface area contributed by atoms with Crippen LogP contribution in [-0.4, -0.2) is 36.1 Å². The van der Waals surface area contributed by atoms with Gasteiger partial charge in [0, 0.05) is 18.3 Å². The number of hydrogen-bond donors (Lipinski definition) is 4. The molecule has 0 spiro atoms. The van der Waals surface area contributed by atoms with Crippen LogP contribution in [0.3, 0.4) is 0 Å². The number of amides is 2. The maximum atomic E-state index is 12.5. The van der Waals surface area contributed by atoms with E-state index in [2.05, 4.69) is 45.1 Å². The Bertz CT molecular complexity index is 972. The summed E-state index contributed by atoms with van der Waals surface area (Å²) in [5.74, 6) is 1.21. The smallest absolute Gasteiger partial charge is 0.326 e. The van der Waals surface area contributed by atoms with E-state index in [0.717, 1.165) is 36.0 Å². The SMILES string of the molecule is CNCCCNc1cc(C(C)C)nc(NC(=O)Nc2ccc3ccccc3c2)n1. The highest BCUT2D eigenvalue weighted by molar-refractivity contribution is 6.00. The Morgan fingerprint density at radius 3 is 2.52 bits per heavy atom. The number of nitrogens with zero attached hydrogens (tertiary/aromatic N) is 2. The molecular weight excluding hydrogens is 364 g/mol. The lowest BCUT2D eigenvalue weighted by Crippen LogP contribution is -2.22. The minimum Gasteiger partial charge on any atom is -0.370 e. The third kappa shape index (κ3) is 5.89. The van der Waals surface area contributed by atoms with Crippen LogP contribution in [0.2, 0.25) is 0 Å². The number of anilines is 3. The topological polar surface area (TPSA) is 91.0 Å². The zero-order valence-corrected chi connectivity index (χ0v) is 17.1. The molecule has 0 bridgehead atoms. The molecule has 3 aromatic rings. The van der Waals surface area contributed by atoms with Crippen molar-refractivity contribution < 1.29 is 4.79 Å². The number of rotatable bonds is 8. The lowest BCUT2D eigenvalue weighted by molar-refractivity contribution is 0.262. The van der Waals surface area contributed by atoms with Gasteiger partial charge in [-0.3, -0.25) is 5.32 Å². The van der Waals surface area contributed by atoms with Gasteiger partial charge in [0.2, 0.25) is 5.95 Å². The Labute approximate surface area is 171 Å². The van der Waals surface area contributed by atoms with Crippen molar-refractivity contribution in [2.75, 3.05) is 36.1 Å². The van der Waals surface area contributed by atoms with Crippen molar-refractivity contribution in [2.24, 2.45) is 0 Å². The van der Waals surface area contributed by atoms with Crippen molar-refractivity contribution in [3.05, 3.63) is 54.2 Å². The molecular formula is C22H28N6O. The molecule has 0 saturated carbocycles. The summed E-state index contributed by atoms with van der Waals surface area (Å²) < 4.78 is 0. The highest BCUT2D eigenvalue weighted by Crippen LogP contribution is 2.20. The van der Waals surface area contributed by atoms with Gasteiger partial charge in [0.05, 0.1) is 5.69 Å². The number of nitrogens with one attached hydrogen (secondary N) is 4. The second kappa shape index (κ2) is 9.84. The Balaban J connectivity index is 1.69. The summed E-state index contributed by atoms with van der Waals surface area (Å²) in [7, 11) is 1.93. The quantitative estimate of drug-likeness (QED) is 0.426. The van der Waals surface area contributed by atoms with Crippen LogP contribution in [0.4, 0.5) is 22.2 Å². The van der Waals surface area contributed by atoms with Gasteiger partial charge in [-0.05, 0) is 48.8 Å². The van der Waals surface area contributed by atoms with Gasteiger partial charge in [0.15, 0.2) is 0 Å². The molecule has 1 heterocycles. The van der Waals surface area contributed by atoms with Crippen LogP contribution in [0.5, 0.6) is 0 Å². The largest absolute Gasteiger partial charge is 0.370 e. The molecule has 0 aliphatic carbocycles. The molecule has 2 aromatic carbocycles. The van der Waals surface area contributed by atoms with E-state index in [0.29, 0.717) is 11.5 Å². The van der Waals surface area contributed by atoms with Crippen LogP contribution in [0, 0.1) is 0 Å². The molecule has 1 aromatic heterocycles. The molecule has 0 unspecified atom stereocenters. The number of hydrogen-bond acceptors (Lipinski definition) is 5. The predicted molar refractivity (Wildman–Crippen MR) is 120 cm³/mol. The normalized spacial score (nSPS) is 10.9. The Kier molecular flexibility index (Phi) is 6.97. The first-order valence-corrected chi connectivity index (χ1v) is 9.89. The fourth-order valence-electron chi connectivity index (χ4n) is 2.92. The molecule has 3 rings (SSSR count). The van der Waals surface area contributed by atoms with Gasteiger partial charge in [-0.15, -0.1) is 0 Å². The van der Waals surface area contributed by atoms with E-state index >= 15 is 0 Å². The average Bonchev–Trinajstić information content (AvgIpc) is 2.71. The second-order valence-corrected chi connectivity index (χ2v) is 7.18. The van der Waals surface area contributed by atoms with Crippen LogP contribution in [0.15, 0.2) is 48.5 Å². The first-order valence-electron chi connectivity index (χ1n) is 9.89. The monoisotopic (exact) mass is 392 g/mol. The van der Waals surface area contributed by atoms with Crippen molar-refractivity contribution in [2.45, 2.75) is 26.2 Å². The van der Waals surface area contributed by atoms with E-state index < -0.39 is 0 Å². The van der Waals surface area contributed by atoms with Crippen LogP contribution in [0.1, 0.15) is 31.9 Å². The predicted octanol–water partition coefficient (Wildman–Crippen LogP) is 4.42. The number of fused-ring (bicyclic) bond motifs is 1. The molecule has 0 fully saturated rings. The first kappa shape index (κ1) is 20.5. The Hall–Kier alpha value is -3.19. The van der Waals surface area contributed by atoms with Crippen LogP contribution in [0.25, 0.3) is 10.8 Å². The summed E-state index contributed by atoms with van der Waals surface area (Å²) in [5, 5.41) is 14.2. The van der Waals surface area contributed by atoms with Gasteiger partial charge < -0.3 is 16.0 Å². The number of carbonyl (C=O) groups is 1. The summed E-state index contributed by atoms with van der Waals surface area (Å²) >= 11 is 0. The second-order valence-electron chi connectivity index (χ2n) is 7.18. The van der Waals surface area contributed by atoms with E-state index in [1.807, 2.05) is 55.6 Å². The fourth-order valence-corrected chi connectivity index (χ4v) is 2.92. The van der Waals surface area contributed by atoms with Gasteiger partial charge >= 0.3 is 6.03 Å². The van der Waals surface area contributed by atoms with Gasteiger partial charge in [0.1, 0.15) is 5.82 Å². The van der Waals surface area contributed by atoms with Crippen LogP contribution in [-0.2, 0) is 0 Å². The van der Waals surface area contributed by atoms with Crippen molar-refractivity contribution in [1.29, 1.82) is 0 Å². The first-order chi connectivity index (χ1) is 14.0. The third-order valence-electron chi connectivity index (χ3n) is 4.48. The van der Waals surface area contributed by atoms with Crippen molar-refractivity contribution >= 4 is 34.3 Å². The number of urea groups is 1. The highest BCUT2D eigenvalue weighted by atomic mass is 16.2. The van der Waals surface area contributed by atoms with Gasteiger partial charge in [-0.25, -0.2) is 9.78 Å². The number of aromatic nitrogens is 2. The Morgan fingerprint density at radius 2 is 1.76 bits per heavy atom. The molecule has 0 saturated heterocycles. The van der Waals surface area contributed by atoms with E-state index in [4.69, 9.17) is 0 Å². The maximum absolute atomic E-state index is 12.5. The molecule has 152 valence electrons. The molecule has 0 aliphatic heterocycles.